The van der Waals surface area contributed by atoms with E-state index in [1.54, 1.807) is 19.1 Å². The smallest absolute Gasteiger partial charge is 0.238 e. The number of primary sulfonamides is 1. The number of nitrogens with one attached hydrogen (secondary N) is 1. The minimum absolute atomic E-state index is 0.200. The third-order valence-corrected chi connectivity index (χ3v) is 5.47. The minimum atomic E-state index is -3.65. The van der Waals surface area contributed by atoms with Crippen LogP contribution < -0.4 is 10.5 Å². The molecule has 0 amide bonds. The van der Waals surface area contributed by atoms with Crippen LogP contribution in [0.15, 0.2) is 23.1 Å². The van der Waals surface area contributed by atoms with Crippen molar-refractivity contribution in [3.05, 3.63) is 23.8 Å². The van der Waals surface area contributed by atoms with Crippen molar-refractivity contribution >= 4 is 27.5 Å². The lowest BCUT2D eigenvalue weighted by Gasteiger charge is -2.14. The van der Waals surface area contributed by atoms with Crippen molar-refractivity contribution in [3.8, 4) is 0 Å². The first kappa shape index (κ1) is 13.7. The molecular weight excluding hydrogens is 268 g/mol. The maximum Gasteiger partial charge on any atom is 0.238 e. The van der Waals surface area contributed by atoms with Gasteiger partial charge in [-0.2, -0.15) is 11.8 Å². The first-order valence-corrected chi connectivity index (χ1v) is 8.47. The average Bonchev–Trinajstić information content (AvgIpc) is 2.65. The van der Waals surface area contributed by atoms with Gasteiger partial charge in [0, 0.05) is 22.7 Å². The monoisotopic (exact) mass is 286 g/mol. The number of sulfonamides is 1. The van der Waals surface area contributed by atoms with Crippen LogP contribution in [0.5, 0.6) is 0 Å². The number of anilines is 1. The Labute approximate surface area is 112 Å². The maximum atomic E-state index is 11.4. The summed E-state index contributed by atoms with van der Waals surface area (Å²) >= 11 is 1.93. The van der Waals surface area contributed by atoms with Crippen molar-refractivity contribution in [2.75, 3.05) is 11.1 Å². The van der Waals surface area contributed by atoms with Gasteiger partial charge in [0.25, 0.3) is 0 Å². The minimum Gasteiger partial charge on any atom is -0.381 e. The lowest BCUT2D eigenvalue weighted by molar-refractivity contribution is 0.597. The van der Waals surface area contributed by atoms with Gasteiger partial charge in [0.1, 0.15) is 0 Å². The Kier molecular flexibility index (Phi) is 3.89. The summed E-state index contributed by atoms with van der Waals surface area (Å²) in [5.74, 6) is 1.06. The molecule has 0 aromatic heterocycles. The van der Waals surface area contributed by atoms with Gasteiger partial charge in [-0.1, -0.05) is 13.0 Å². The molecule has 1 aliphatic rings. The predicted molar refractivity (Wildman–Crippen MR) is 76.5 cm³/mol. The van der Waals surface area contributed by atoms with E-state index in [0.717, 1.165) is 17.9 Å². The summed E-state index contributed by atoms with van der Waals surface area (Å²) in [7, 11) is -3.65. The van der Waals surface area contributed by atoms with Gasteiger partial charge in [0.05, 0.1) is 4.90 Å². The van der Waals surface area contributed by atoms with Gasteiger partial charge in [-0.15, -0.1) is 0 Å². The Morgan fingerprint density at radius 1 is 1.44 bits per heavy atom. The van der Waals surface area contributed by atoms with Crippen LogP contribution in [-0.2, 0) is 10.0 Å². The summed E-state index contributed by atoms with van der Waals surface area (Å²) in [6, 6.07) is 5.71. The zero-order chi connectivity index (χ0) is 13.3. The average molecular weight is 286 g/mol. The van der Waals surface area contributed by atoms with E-state index < -0.39 is 10.0 Å². The van der Waals surface area contributed by atoms with Crippen LogP contribution >= 0.6 is 11.8 Å². The van der Waals surface area contributed by atoms with Crippen LogP contribution in [0.1, 0.15) is 18.9 Å². The Balaban J connectivity index is 2.20. The highest BCUT2D eigenvalue weighted by molar-refractivity contribution is 8.00. The normalized spacial score (nSPS) is 24.2. The van der Waals surface area contributed by atoms with E-state index >= 15 is 0 Å². The summed E-state index contributed by atoms with van der Waals surface area (Å²) in [6.07, 6.45) is 1.10. The van der Waals surface area contributed by atoms with Crippen LogP contribution in [0.3, 0.4) is 0 Å². The molecule has 1 aromatic rings. The fraction of sp³-hybridized carbons (Fsp3) is 0.500. The second-order valence-electron chi connectivity index (χ2n) is 4.75. The topological polar surface area (TPSA) is 72.2 Å². The van der Waals surface area contributed by atoms with Gasteiger partial charge in [0.2, 0.25) is 10.0 Å². The molecule has 6 heteroatoms. The van der Waals surface area contributed by atoms with E-state index in [2.05, 4.69) is 12.2 Å². The highest BCUT2D eigenvalue weighted by Crippen LogP contribution is 2.29. The number of aryl methyl sites for hydroxylation is 1. The molecule has 2 atom stereocenters. The predicted octanol–water partition coefficient (Wildman–Crippen LogP) is 1.95. The van der Waals surface area contributed by atoms with Crippen molar-refractivity contribution in [2.45, 2.75) is 36.5 Å². The first-order chi connectivity index (χ1) is 8.36. The van der Waals surface area contributed by atoms with Crippen LogP contribution in [-0.4, -0.2) is 25.5 Å². The molecule has 2 unspecified atom stereocenters. The van der Waals surface area contributed by atoms with Crippen LogP contribution in [0.4, 0.5) is 5.69 Å². The SMILES string of the molecule is Cc1ccc(NC2CSC(C)C2)cc1S(N)(=O)=O. The summed E-state index contributed by atoms with van der Waals surface area (Å²) in [5.41, 5.74) is 1.50. The molecule has 0 spiro atoms. The molecule has 3 N–H and O–H groups in total. The van der Waals surface area contributed by atoms with E-state index in [9.17, 15) is 8.42 Å². The molecule has 0 saturated carbocycles. The van der Waals surface area contributed by atoms with Gasteiger partial charge in [-0.25, -0.2) is 13.6 Å². The lowest BCUT2D eigenvalue weighted by Crippen LogP contribution is -2.20. The molecule has 1 heterocycles. The summed E-state index contributed by atoms with van der Waals surface area (Å²) in [6.45, 7) is 3.95. The molecule has 4 nitrogen and oxygen atoms in total. The molecule has 100 valence electrons. The molecule has 18 heavy (non-hydrogen) atoms. The first-order valence-electron chi connectivity index (χ1n) is 5.88. The van der Waals surface area contributed by atoms with E-state index in [1.807, 2.05) is 17.8 Å². The van der Waals surface area contributed by atoms with Crippen molar-refractivity contribution in [1.82, 2.24) is 0 Å². The number of hydrogen-bond acceptors (Lipinski definition) is 4. The molecular formula is C12H18N2O2S2. The molecule has 0 aliphatic carbocycles. The standard InChI is InChI=1S/C12H18N2O2S2/c1-8-3-4-10(6-12(8)18(13,15)16)14-11-5-9(2)17-7-11/h3-4,6,9,11,14H,5,7H2,1-2H3,(H2,13,15,16). The van der Waals surface area contributed by atoms with Crippen molar-refractivity contribution in [3.63, 3.8) is 0 Å². The number of thioether (sulfide) groups is 1. The Morgan fingerprint density at radius 3 is 2.72 bits per heavy atom. The van der Waals surface area contributed by atoms with E-state index in [4.69, 9.17) is 5.14 Å². The van der Waals surface area contributed by atoms with Gasteiger partial charge in [0.15, 0.2) is 0 Å². The van der Waals surface area contributed by atoms with E-state index in [0.29, 0.717) is 16.9 Å². The molecule has 2 rings (SSSR count). The summed E-state index contributed by atoms with van der Waals surface area (Å²) in [4.78, 5) is 0.200. The fourth-order valence-electron chi connectivity index (χ4n) is 2.15. The Hall–Kier alpha value is -0.720. The molecule has 1 saturated heterocycles. The van der Waals surface area contributed by atoms with Crippen molar-refractivity contribution < 1.29 is 8.42 Å². The second kappa shape index (κ2) is 5.11. The second-order valence-corrected chi connectivity index (χ2v) is 7.75. The van der Waals surface area contributed by atoms with Crippen LogP contribution in [0.2, 0.25) is 0 Å². The van der Waals surface area contributed by atoms with Crippen molar-refractivity contribution in [2.24, 2.45) is 5.14 Å². The van der Waals surface area contributed by atoms with Gasteiger partial charge < -0.3 is 5.32 Å². The van der Waals surface area contributed by atoms with E-state index in [-0.39, 0.29) is 4.90 Å². The third-order valence-electron chi connectivity index (χ3n) is 3.06. The molecule has 1 fully saturated rings. The highest BCUT2D eigenvalue weighted by atomic mass is 32.2. The summed E-state index contributed by atoms with van der Waals surface area (Å²) < 4.78 is 22.9. The zero-order valence-electron chi connectivity index (χ0n) is 10.5. The number of benzene rings is 1. The van der Waals surface area contributed by atoms with Crippen LogP contribution in [0, 0.1) is 6.92 Å². The van der Waals surface area contributed by atoms with Gasteiger partial charge in [-0.3, -0.25) is 0 Å². The summed E-state index contributed by atoms with van der Waals surface area (Å²) in [5, 5.41) is 9.23. The van der Waals surface area contributed by atoms with Gasteiger partial charge >= 0.3 is 0 Å². The molecule has 1 aromatic carbocycles. The number of rotatable bonds is 3. The maximum absolute atomic E-state index is 11.4. The molecule has 0 bridgehead atoms. The quantitative estimate of drug-likeness (QED) is 0.891. The van der Waals surface area contributed by atoms with Crippen LogP contribution in [0.25, 0.3) is 0 Å². The van der Waals surface area contributed by atoms with E-state index in [1.165, 1.54) is 0 Å². The van der Waals surface area contributed by atoms with Gasteiger partial charge in [-0.05, 0) is 31.0 Å². The Morgan fingerprint density at radius 2 is 2.17 bits per heavy atom. The largest absolute Gasteiger partial charge is 0.381 e. The number of hydrogen-bond donors (Lipinski definition) is 2. The number of nitrogens with two attached hydrogens (primary N) is 1. The lowest BCUT2D eigenvalue weighted by atomic mass is 10.1. The fourth-order valence-corrected chi connectivity index (χ4v) is 4.11. The highest BCUT2D eigenvalue weighted by Gasteiger charge is 2.22. The molecule has 0 radical (unpaired) electrons. The van der Waals surface area contributed by atoms with Crippen molar-refractivity contribution in [1.29, 1.82) is 0 Å². The molecule has 1 aliphatic heterocycles. The third kappa shape index (κ3) is 3.18. The Bertz CT molecular complexity index is 543. The zero-order valence-corrected chi connectivity index (χ0v) is 12.1.